The standard InChI is InChI=1S/C12H18N2O2S/c1-12(2,3)9-7-17-11(13-9)14-10(15)8-5-4-6-16-8/h7-8H,4-6H2,1-3H3,(H,13,14,15)/t8-/m0/s1. The molecule has 0 saturated carbocycles. The van der Waals surface area contributed by atoms with Crippen molar-refractivity contribution in [3.8, 4) is 0 Å². The number of hydrogen-bond donors (Lipinski definition) is 1. The number of rotatable bonds is 2. The summed E-state index contributed by atoms with van der Waals surface area (Å²) < 4.78 is 5.33. The third kappa shape index (κ3) is 3.04. The topological polar surface area (TPSA) is 51.2 Å². The molecule has 1 fully saturated rings. The monoisotopic (exact) mass is 254 g/mol. The van der Waals surface area contributed by atoms with Crippen LogP contribution in [0.15, 0.2) is 5.38 Å². The third-order valence-electron chi connectivity index (χ3n) is 2.72. The summed E-state index contributed by atoms with van der Waals surface area (Å²) in [5, 5.41) is 5.47. The molecule has 0 aromatic carbocycles. The van der Waals surface area contributed by atoms with E-state index in [1.54, 1.807) is 0 Å². The Hall–Kier alpha value is -0.940. The van der Waals surface area contributed by atoms with Gasteiger partial charge >= 0.3 is 0 Å². The summed E-state index contributed by atoms with van der Waals surface area (Å²) in [7, 11) is 0. The molecule has 1 aromatic rings. The Morgan fingerprint density at radius 3 is 2.88 bits per heavy atom. The molecule has 1 aliphatic heterocycles. The number of carbonyl (C=O) groups is 1. The summed E-state index contributed by atoms with van der Waals surface area (Å²) in [5.74, 6) is -0.0719. The average Bonchev–Trinajstić information content (AvgIpc) is 2.85. The van der Waals surface area contributed by atoms with Crippen molar-refractivity contribution in [3.05, 3.63) is 11.1 Å². The van der Waals surface area contributed by atoms with Gasteiger partial charge in [-0.1, -0.05) is 20.8 Å². The van der Waals surface area contributed by atoms with E-state index < -0.39 is 0 Å². The molecule has 1 amide bonds. The number of amides is 1. The Morgan fingerprint density at radius 1 is 1.59 bits per heavy atom. The minimum atomic E-state index is -0.294. The van der Waals surface area contributed by atoms with Crippen LogP contribution in [0, 0.1) is 0 Å². The van der Waals surface area contributed by atoms with E-state index in [2.05, 4.69) is 31.1 Å². The molecule has 1 aromatic heterocycles. The Bertz CT molecular complexity index is 403. The Morgan fingerprint density at radius 2 is 2.35 bits per heavy atom. The molecule has 2 rings (SSSR count). The summed E-state index contributed by atoms with van der Waals surface area (Å²) in [6, 6.07) is 0. The van der Waals surface area contributed by atoms with E-state index in [4.69, 9.17) is 4.74 Å². The Kier molecular flexibility index (Phi) is 3.49. The van der Waals surface area contributed by atoms with E-state index in [0.29, 0.717) is 11.7 Å². The second kappa shape index (κ2) is 4.74. The van der Waals surface area contributed by atoms with Gasteiger partial charge in [0.1, 0.15) is 6.10 Å². The highest BCUT2D eigenvalue weighted by molar-refractivity contribution is 7.13. The average molecular weight is 254 g/mol. The smallest absolute Gasteiger partial charge is 0.255 e. The van der Waals surface area contributed by atoms with E-state index in [1.165, 1.54) is 11.3 Å². The van der Waals surface area contributed by atoms with Crippen LogP contribution in [0.5, 0.6) is 0 Å². The van der Waals surface area contributed by atoms with Gasteiger partial charge in [0.2, 0.25) is 0 Å². The lowest BCUT2D eigenvalue weighted by Gasteiger charge is -2.14. The zero-order valence-electron chi connectivity index (χ0n) is 10.4. The predicted octanol–water partition coefficient (Wildman–Crippen LogP) is 2.56. The van der Waals surface area contributed by atoms with Crippen molar-refractivity contribution >= 4 is 22.4 Å². The SMILES string of the molecule is CC(C)(C)c1csc(NC(=O)[C@@H]2CCCO2)n1. The van der Waals surface area contributed by atoms with Gasteiger partial charge < -0.3 is 4.74 Å². The Labute approximate surface area is 105 Å². The van der Waals surface area contributed by atoms with E-state index in [0.717, 1.165) is 18.5 Å². The number of nitrogens with zero attached hydrogens (tertiary/aromatic N) is 1. The van der Waals surface area contributed by atoms with Crippen molar-refractivity contribution in [1.29, 1.82) is 0 Å². The second-order valence-corrected chi connectivity index (χ2v) is 6.14. The normalized spacial score (nSPS) is 20.5. The number of anilines is 1. The van der Waals surface area contributed by atoms with Crippen molar-refractivity contribution in [2.24, 2.45) is 0 Å². The molecule has 0 spiro atoms. The van der Waals surface area contributed by atoms with Gasteiger partial charge in [-0.2, -0.15) is 0 Å². The van der Waals surface area contributed by atoms with Crippen LogP contribution in [-0.2, 0) is 14.9 Å². The van der Waals surface area contributed by atoms with Crippen LogP contribution in [-0.4, -0.2) is 23.6 Å². The zero-order valence-corrected chi connectivity index (χ0v) is 11.3. The second-order valence-electron chi connectivity index (χ2n) is 5.28. The van der Waals surface area contributed by atoms with Gasteiger partial charge in [-0.25, -0.2) is 4.98 Å². The summed E-state index contributed by atoms with van der Waals surface area (Å²) in [5.41, 5.74) is 1.02. The maximum absolute atomic E-state index is 11.8. The number of hydrogen-bond acceptors (Lipinski definition) is 4. The van der Waals surface area contributed by atoms with Gasteiger partial charge in [-0.15, -0.1) is 11.3 Å². The van der Waals surface area contributed by atoms with Crippen molar-refractivity contribution in [2.75, 3.05) is 11.9 Å². The number of nitrogens with one attached hydrogen (secondary N) is 1. The van der Waals surface area contributed by atoms with Gasteiger partial charge in [-0.05, 0) is 12.8 Å². The number of thiazole rings is 1. The molecule has 1 saturated heterocycles. The highest BCUT2D eigenvalue weighted by Gasteiger charge is 2.25. The van der Waals surface area contributed by atoms with Gasteiger partial charge in [0.15, 0.2) is 5.13 Å². The summed E-state index contributed by atoms with van der Waals surface area (Å²) in [6.07, 6.45) is 1.48. The van der Waals surface area contributed by atoms with Crippen LogP contribution < -0.4 is 5.32 Å². The van der Waals surface area contributed by atoms with Crippen molar-refractivity contribution in [3.63, 3.8) is 0 Å². The molecule has 4 nitrogen and oxygen atoms in total. The van der Waals surface area contributed by atoms with Crippen LogP contribution in [0.1, 0.15) is 39.3 Å². The highest BCUT2D eigenvalue weighted by Crippen LogP contribution is 2.26. The maximum Gasteiger partial charge on any atom is 0.255 e. The quantitative estimate of drug-likeness (QED) is 0.882. The molecule has 5 heteroatoms. The molecule has 1 N–H and O–H groups in total. The van der Waals surface area contributed by atoms with E-state index >= 15 is 0 Å². The van der Waals surface area contributed by atoms with Crippen LogP contribution in [0.25, 0.3) is 0 Å². The number of carbonyl (C=O) groups excluding carboxylic acids is 1. The lowest BCUT2D eigenvalue weighted by Crippen LogP contribution is -2.26. The summed E-state index contributed by atoms with van der Waals surface area (Å²) in [4.78, 5) is 16.2. The molecule has 2 heterocycles. The van der Waals surface area contributed by atoms with Gasteiger partial charge in [-0.3, -0.25) is 10.1 Å². The summed E-state index contributed by atoms with van der Waals surface area (Å²) >= 11 is 1.46. The molecule has 1 atom stereocenters. The number of ether oxygens (including phenoxy) is 1. The molecular formula is C12H18N2O2S. The molecule has 0 radical (unpaired) electrons. The van der Waals surface area contributed by atoms with Crippen LogP contribution in [0.4, 0.5) is 5.13 Å². The fraction of sp³-hybridized carbons (Fsp3) is 0.667. The minimum Gasteiger partial charge on any atom is -0.368 e. The highest BCUT2D eigenvalue weighted by atomic mass is 32.1. The van der Waals surface area contributed by atoms with Gasteiger partial charge in [0, 0.05) is 17.4 Å². The van der Waals surface area contributed by atoms with Crippen LogP contribution in [0.2, 0.25) is 0 Å². The fourth-order valence-electron chi connectivity index (χ4n) is 1.65. The minimum absolute atomic E-state index is 0.0172. The van der Waals surface area contributed by atoms with Gasteiger partial charge in [0.25, 0.3) is 5.91 Å². The number of aromatic nitrogens is 1. The molecule has 1 aliphatic rings. The third-order valence-corrected chi connectivity index (χ3v) is 3.48. The molecule has 0 aliphatic carbocycles. The first kappa shape index (κ1) is 12.5. The lowest BCUT2D eigenvalue weighted by atomic mass is 9.93. The first-order valence-corrected chi connectivity index (χ1v) is 6.73. The Balaban J connectivity index is 1.99. The first-order valence-electron chi connectivity index (χ1n) is 5.85. The largest absolute Gasteiger partial charge is 0.368 e. The molecule has 0 bridgehead atoms. The molecule has 0 unspecified atom stereocenters. The van der Waals surface area contributed by atoms with E-state index in [9.17, 15) is 4.79 Å². The zero-order chi connectivity index (χ0) is 12.5. The van der Waals surface area contributed by atoms with Crippen molar-refractivity contribution < 1.29 is 9.53 Å². The first-order chi connectivity index (χ1) is 7.97. The van der Waals surface area contributed by atoms with Crippen molar-refractivity contribution in [1.82, 2.24) is 4.98 Å². The lowest BCUT2D eigenvalue weighted by molar-refractivity contribution is -0.124. The molecule has 94 valence electrons. The van der Waals surface area contributed by atoms with E-state index in [1.807, 2.05) is 5.38 Å². The fourth-order valence-corrected chi connectivity index (χ4v) is 2.59. The molecular weight excluding hydrogens is 236 g/mol. The van der Waals surface area contributed by atoms with E-state index in [-0.39, 0.29) is 17.4 Å². The molecule has 17 heavy (non-hydrogen) atoms. The maximum atomic E-state index is 11.8. The van der Waals surface area contributed by atoms with Crippen molar-refractivity contribution in [2.45, 2.75) is 45.1 Å². The predicted molar refractivity (Wildman–Crippen MR) is 68.4 cm³/mol. The van der Waals surface area contributed by atoms with Gasteiger partial charge in [0.05, 0.1) is 5.69 Å². The summed E-state index contributed by atoms with van der Waals surface area (Å²) in [6.45, 7) is 7.00. The van der Waals surface area contributed by atoms with Crippen LogP contribution >= 0.6 is 11.3 Å². The van der Waals surface area contributed by atoms with Crippen LogP contribution in [0.3, 0.4) is 0 Å².